The van der Waals surface area contributed by atoms with Crippen LogP contribution in [-0.4, -0.2) is 17.9 Å². The SMILES string of the molecule is CN(Cc1ccc(F)c(F)c1)C(=O)c1sccc1N. The second-order valence-electron chi connectivity index (χ2n) is 4.11. The second kappa shape index (κ2) is 5.36. The van der Waals surface area contributed by atoms with Crippen LogP contribution in [0.3, 0.4) is 0 Å². The minimum atomic E-state index is -0.922. The van der Waals surface area contributed by atoms with Crippen LogP contribution in [0.4, 0.5) is 14.5 Å². The van der Waals surface area contributed by atoms with Crippen LogP contribution in [0.2, 0.25) is 0 Å². The Balaban J connectivity index is 2.13. The lowest BCUT2D eigenvalue weighted by Gasteiger charge is -2.17. The number of nitrogen functional groups attached to an aromatic ring is 1. The van der Waals surface area contributed by atoms with E-state index in [1.165, 1.54) is 22.3 Å². The van der Waals surface area contributed by atoms with Gasteiger partial charge >= 0.3 is 0 Å². The lowest BCUT2D eigenvalue weighted by Crippen LogP contribution is -2.26. The lowest BCUT2D eigenvalue weighted by atomic mass is 10.2. The molecule has 1 amide bonds. The van der Waals surface area contributed by atoms with Crippen molar-refractivity contribution in [2.45, 2.75) is 6.54 Å². The number of anilines is 1. The number of rotatable bonds is 3. The fourth-order valence-corrected chi connectivity index (χ4v) is 2.46. The molecule has 0 aliphatic rings. The van der Waals surface area contributed by atoms with E-state index in [9.17, 15) is 13.6 Å². The normalized spacial score (nSPS) is 10.5. The van der Waals surface area contributed by atoms with Gasteiger partial charge in [-0.3, -0.25) is 4.79 Å². The van der Waals surface area contributed by atoms with E-state index in [-0.39, 0.29) is 12.5 Å². The van der Waals surface area contributed by atoms with Gasteiger partial charge in [0.25, 0.3) is 5.91 Å². The van der Waals surface area contributed by atoms with Gasteiger partial charge in [0, 0.05) is 13.6 Å². The molecular weight excluding hydrogens is 270 g/mol. The van der Waals surface area contributed by atoms with Crippen molar-refractivity contribution in [1.82, 2.24) is 4.90 Å². The minimum Gasteiger partial charge on any atom is -0.397 e. The van der Waals surface area contributed by atoms with Gasteiger partial charge in [0.2, 0.25) is 0 Å². The highest BCUT2D eigenvalue weighted by atomic mass is 32.1. The average Bonchev–Trinajstić information content (AvgIpc) is 2.79. The largest absolute Gasteiger partial charge is 0.397 e. The standard InChI is InChI=1S/C13H12F2N2OS/c1-17(13(18)12-11(16)4-5-19-12)7-8-2-3-9(14)10(15)6-8/h2-6H,7,16H2,1H3. The number of halogens is 2. The molecule has 0 radical (unpaired) electrons. The van der Waals surface area contributed by atoms with Crippen LogP contribution in [-0.2, 0) is 6.54 Å². The average molecular weight is 282 g/mol. The Labute approximate surface area is 113 Å². The monoisotopic (exact) mass is 282 g/mol. The summed E-state index contributed by atoms with van der Waals surface area (Å²) in [5.74, 6) is -2.06. The van der Waals surface area contributed by atoms with Gasteiger partial charge in [0.15, 0.2) is 11.6 Å². The molecule has 100 valence electrons. The maximum absolute atomic E-state index is 13.1. The van der Waals surface area contributed by atoms with Crippen LogP contribution in [0.25, 0.3) is 0 Å². The van der Waals surface area contributed by atoms with E-state index in [0.717, 1.165) is 12.1 Å². The molecule has 3 nitrogen and oxygen atoms in total. The fraction of sp³-hybridized carbons (Fsp3) is 0.154. The van der Waals surface area contributed by atoms with Crippen molar-refractivity contribution < 1.29 is 13.6 Å². The first-order valence-corrected chi connectivity index (χ1v) is 6.39. The first-order chi connectivity index (χ1) is 8.99. The van der Waals surface area contributed by atoms with E-state index < -0.39 is 11.6 Å². The molecule has 0 bridgehead atoms. The Morgan fingerprint density at radius 2 is 2.05 bits per heavy atom. The summed E-state index contributed by atoms with van der Waals surface area (Å²) in [6.45, 7) is 0.188. The Kier molecular flexibility index (Phi) is 3.80. The van der Waals surface area contributed by atoms with Gasteiger partial charge < -0.3 is 10.6 Å². The second-order valence-corrected chi connectivity index (χ2v) is 5.03. The summed E-state index contributed by atoms with van der Waals surface area (Å²) in [4.78, 5) is 13.9. The molecule has 0 aliphatic heterocycles. The molecule has 0 atom stereocenters. The lowest BCUT2D eigenvalue weighted by molar-refractivity contribution is 0.0790. The molecule has 0 saturated carbocycles. The topological polar surface area (TPSA) is 46.3 Å². The Hall–Kier alpha value is -1.95. The van der Waals surface area contributed by atoms with Crippen molar-refractivity contribution in [3.8, 4) is 0 Å². The van der Waals surface area contributed by atoms with E-state index in [2.05, 4.69) is 0 Å². The number of hydrogen-bond donors (Lipinski definition) is 1. The molecule has 0 fully saturated rings. The van der Waals surface area contributed by atoms with E-state index in [1.54, 1.807) is 18.5 Å². The molecule has 0 unspecified atom stereocenters. The summed E-state index contributed by atoms with van der Waals surface area (Å²) >= 11 is 1.25. The molecule has 1 heterocycles. The van der Waals surface area contributed by atoms with Crippen LogP contribution in [0.15, 0.2) is 29.6 Å². The number of hydrogen-bond acceptors (Lipinski definition) is 3. The highest BCUT2D eigenvalue weighted by molar-refractivity contribution is 7.12. The molecule has 2 rings (SSSR count). The first kappa shape index (κ1) is 13.5. The molecule has 0 spiro atoms. The molecule has 2 N–H and O–H groups in total. The summed E-state index contributed by atoms with van der Waals surface area (Å²) in [6.07, 6.45) is 0. The quantitative estimate of drug-likeness (QED) is 0.941. The van der Waals surface area contributed by atoms with Crippen molar-refractivity contribution in [2.24, 2.45) is 0 Å². The Morgan fingerprint density at radius 3 is 2.63 bits per heavy atom. The van der Waals surface area contributed by atoms with E-state index in [1.807, 2.05) is 0 Å². The fourth-order valence-electron chi connectivity index (χ4n) is 1.65. The number of amides is 1. The molecule has 6 heteroatoms. The van der Waals surface area contributed by atoms with Gasteiger partial charge in [-0.15, -0.1) is 11.3 Å². The Bertz CT molecular complexity index is 612. The third kappa shape index (κ3) is 2.90. The molecule has 1 aromatic heterocycles. The highest BCUT2D eigenvalue weighted by Gasteiger charge is 2.16. The van der Waals surface area contributed by atoms with Gasteiger partial charge in [-0.1, -0.05) is 6.07 Å². The molecule has 19 heavy (non-hydrogen) atoms. The maximum atomic E-state index is 13.1. The van der Waals surface area contributed by atoms with Gasteiger partial charge in [-0.05, 0) is 29.1 Å². The maximum Gasteiger partial charge on any atom is 0.266 e. The predicted molar refractivity (Wildman–Crippen MR) is 70.9 cm³/mol. The van der Waals surface area contributed by atoms with E-state index >= 15 is 0 Å². The third-order valence-electron chi connectivity index (χ3n) is 2.64. The van der Waals surface area contributed by atoms with Gasteiger partial charge in [0.05, 0.1) is 5.69 Å². The zero-order valence-electron chi connectivity index (χ0n) is 10.2. The van der Waals surface area contributed by atoms with E-state index in [0.29, 0.717) is 16.1 Å². The van der Waals surface area contributed by atoms with E-state index in [4.69, 9.17) is 5.73 Å². The van der Waals surface area contributed by atoms with Crippen LogP contribution >= 0.6 is 11.3 Å². The van der Waals surface area contributed by atoms with Crippen LogP contribution in [0.1, 0.15) is 15.2 Å². The van der Waals surface area contributed by atoms with Crippen molar-refractivity contribution in [3.63, 3.8) is 0 Å². The van der Waals surface area contributed by atoms with Crippen LogP contribution < -0.4 is 5.73 Å². The zero-order valence-corrected chi connectivity index (χ0v) is 11.0. The zero-order chi connectivity index (χ0) is 14.0. The molecule has 2 aromatic rings. The van der Waals surface area contributed by atoms with Crippen molar-refractivity contribution in [2.75, 3.05) is 12.8 Å². The van der Waals surface area contributed by atoms with Gasteiger partial charge in [-0.2, -0.15) is 0 Å². The van der Waals surface area contributed by atoms with Gasteiger partial charge in [0.1, 0.15) is 4.88 Å². The molecular formula is C13H12F2N2OS. The number of carbonyl (C=O) groups is 1. The first-order valence-electron chi connectivity index (χ1n) is 5.51. The predicted octanol–water partition coefficient (Wildman–Crippen LogP) is 2.88. The van der Waals surface area contributed by atoms with Crippen LogP contribution in [0.5, 0.6) is 0 Å². The molecule has 0 saturated heterocycles. The number of benzene rings is 1. The minimum absolute atomic E-state index is 0.188. The third-order valence-corrected chi connectivity index (χ3v) is 3.56. The number of nitrogens with zero attached hydrogens (tertiary/aromatic N) is 1. The molecule has 0 aliphatic carbocycles. The summed E-state index contributed by atoms with van der Waals surface area (Å²) in [6, 6.07) is 5.22. The summed E-state index contributed by atoms with van der Waals surface area (Å²) < 4.78 is 25.9. The van der Waals surface area contributed by atoms with Crippen molar-refractivity contribution >= 4 is 22.9 Å². The summed E-state index contributed by atoms with van der Waals surface area (Å²) in [7, 11) is 1.59. The van der Waals surface area contributed by atoms with Crippen molar-refractivity contribution in [1.29, 1.82) is 0 Å². The number of thiophene rings is 1. The van der Waals surface area contributed by atoms with Crippen molar-refractivity contribution in [3.05, 3.63) is 51.7 Å². The molecule has 1 aromatic carbocycles. The highest BCUT2D eigenvalue weighted by Crippen LogP contribution is 2.21. The smallest absolute Gasteiger partial charge is 0.266 e. The Morgan fingerprint density at radius 1 is 1.32 bits per heavy atom. The number of nitrogens with two attached hydrogens (primary N) is 1. The summed E-state index contributed by atoms with van der Waals surface area (Å²) in [5.41, 5.74) is 6.61. The van der Waals surface area contributed by atoms with Gasteiger partial charge in [-0.25, -0.2) is 8.78 Å². The van der Waals surface area contributed by atoms with Crippen LogP contribution in [0, 0.1) is 11.6 Å². The number of carbonyl (C=O) groups excluding carboxylic acids is 1. The summed E-state index contributed by atoms with van der Waals surface area (Å²) in [5, 5.41) is 1.73.